The summed E-state index contributed by atoms with van der Waals surface area (Å²) in [7, 11) is 0. The van der Waals surface area contributed by atoms with Gasteiger partial charge in [-0.25, -0.2) is 4.79 Å². The monoisotopic (exact) mass is 199 g/mol. The molecule has 0 amide bonds. The van der Waals surface area contributed by atoms with Gasteiger partial charge in [0.2, 0.25) is 0 Å². The van der Waals surface area contributed by atoms with Gasteiger partial charge in [-0.2, -0.15) is 0 Å². The van der Waals surface area contributed by atoms with E-state index in [2.05, 4.69) is 0 Å². The van der Waals surface area contributed by atoms with Crippen LogP contribution in [0.15, 0.2) is 12.2 Å². The lowest BCUT2D eigenvalue weighted by molar-refractivity contribution is -0.138. The van der Waals surface area contributed by atoms with Crippen LogP contribution in [-0.2, 0) is 9.59 Å². The summed E-state index contributed by atoms with van der Waals surface area (Å²) < 4.78 is 0. The molecule has 1 unspecified atom stereocenters. The zero-order chi connectivity index (χ0) is 11.3. The van der Waals surface area contributed by atoms with E-state index in [1.54, 1.807) is 13.8 Å². The van der Waals surface area contributed by atoms with Crippen molar-refractivity contribution in [2.75, 3.05) is 0 Å². The van der Waals surface area contributed by atoms with Crippen LogP contribution >= 0.6 is 0 Å². The van der Waals surface area contributed by atoms with Crippen LogP contribution in [-0.4, -0.2) is 27.9 Å². The minimum atomic E-state index is -1.21. The molecule has 0 bridgehead atoms. The first-order chi connectivity index (χ1) is 6.36. The Labute approximate surface area is 81.6 Å². The Balaban J connectivity index is 4.70. The molecule has 0 spiro atoms. The second-order valence-electron chi connectivity index (χ2n) is 3.12. The molecule has 0 aliphatic carbocycles. The number of rotatable bonds is 5. The van der Waals surface area contributed by atoms with E-state index in [1.165, 1.54) is 0 Å². The number of hydrogen-bond acceptors (Lipinski definition) is 3. The van der Waals surface area contributed by atoms with Crippen molar-refractivity contribution in [1.82, 2.24) is 0 Å². The standard InChI is InChI=1S/C9H13NO4/c1-5(2)8(10)6(9(13)14)3-4-7(11)12/h3-6,10H,1-2H3,(H,11,12)(H,13,14). The van der Waals surface area contributed by atoms with E-state index in [0.717, 1.165) is 12.2 Å². The van der Waals surface area contributed by atoms with Crippen molar-refractivity contribution in [2.24, 2.45) is 11.8 Å². The number of aliphatic carboxylic acids is 2. The minimum absolute atomic E-state index is 0.00463. The third-order valence-electron chi connectivity index (χ3n) is 1.65. The summed E-state index contributed by atoms with van der Waals surface area (Å²) in [5.74, 6) is -3.78. The Morgan fingerprint density at radius 1 is 1.29 bits per heavy atom. The van der Waals surface area contributed by atoms with Crippen molar-refractivity contribution >= 4 is 17.7 Å². The molecule has 0 aliphatic heterocycles. The molecule has 0 aliphatic rings. The largest absolute Gasteiger partial charge is 0.481 e. The van der Waals surface area contributed by atoms with Crippen LogP contribution in [0.2, 0.25) is 0 Å². The fourth-order valence-electron chi connectivity index (χ4n) is 0.857. The molecule has 3 N–H and O–H groups in total. The number of carboxylic acid groups (broad SMARTS) is 2. The molecule has 0 heterocycles. The summed E-state index contributed by atoms with van der Waals surface area (Å²) in [4.78, 5) is 20.8. The van der Waals surface area contributed by atoms with Crippen LogP contribution in [0.3, 0.4) is 0 Å². The molecule has 5 heteroatoms. The summed E-state index contributed by atoms with van der Waals surface area (Å²) >= 11 is 0. The van der Waals surface area contributed by atoms with E-state index in [0.29, 0.717) is 0 Å². The van der Waals surface area contributed by atoms with Gasteiger partial charge in [0.15, 0.2) is 0 Å². The molecule has 78 valence electrons. The average molecular weight is 199 g/mol. The quantitative estimate of drug-likeness (QED) is 0.454. The Kier molecular flexibility index (Phi) is 4.55. The zero-order valence-corrected chi connectivity index (χ0v) is 8.02. The number of carbonyl (C=O) groups is 2. The highest BCUT2D eigenvalue weighted by molar-refractivity contribution is 6.03. The number of hydrogen-bond donors (Lipinski definition) is 3. The minimum Gasteiger partial charge on any atom is -0.481 e. The summed E-state index contributed by atoms with van der Waals surface area (Å²) in [6.07, 6.45) is 1.75. The first-order valence-electron chi connectivity index (χ1n) is 4.08. The van der Waals surface area contributed by atoms with Gasteiger partial charge >= 0.3 is 11.9 Å². The Bertz CT molecular complexity index is 281. The van der Waals surface area contributed by atoms with Gasteiger partial charge in [0, 0.05) is 11.8 Å². The second-order valence-corrected chi connectivity index (χ2v) is 3.12. The first kappa shape index (κ1) is 12.3. The third kappa shape index (κ3) is 3.84. The Morgan fingerprint density at radius 3 is 2.07 bits per heavy atom. The fraction of sp³-hybridized carbons (Fsp3) is 0.444. The molecule has 0 fully saturated rings. The average Bonchev–Trinajstić information content (AvgIpc) is 2.02. The van der Waals surface area contributed by atoms with E-state index in [4.69, 9.17) is 15.6 Å². The van der Waals surface area contributed by atoms with Gasteiger partial charge in [-0.1, -0.05) is 19.9 Å². The van der Waals surface area contributed by atoms with E-state index in [-0.39, 0.29) is 11.6 Å². The zero-order valence-electron chi connectivity index (χ0n) is 8.02. The molecule has 5 nitrogen and oxygen atoms in total. The van der Waals surface area contributed by atoms with Crippen LogP contribution in [0.4, 0.5) is 0 Å². The molecule has 14 heavy (non-hydrogen) atoms. The van der Waals surface area contributed by atoms with Crippen molar-refractivity contribution in [3.63, 3.8) is 0 Å². The third-order valence-corrected chi connectivity index (χ3v) is 1.65. The second kappa shape index (κ2) is 5.16. The van der Waals surface area contributed by atoms with Gasteiger partial charge in [-0.3, -0.25) is 4.79 Å². The van der Waals surface area contributed by atoms with Crippen LogP contribution in [0.25, 0.3) is 0 Å². The lowest BCUT2D eigenvalue weighted by atomic mass is 9.94. The maximum Gasteiger partial charge on any atom is 0.328 e. The molecular formula is C9H13NO4. The van der Waals surface area contributed by atoms with Crippen molar-refractivity contribution < 1.29 is 19.8 Å². The highest BCUT2D eigenvalue weighted by atomic mass is 16.4. The molecule has 0 aromatic heterocycles. The van der Waals surface area contributed by atoms with Gasteiger partial charge in [-0.15, -0.1) is 0 Å². The number of nitrogens with one attached hydrogen (secondary N) is 1. The molecule has 0 radical (unpaired) electrons. The Morgan fingerprint density at radius 2 is 1.79 bits per heavy atom. The smallest absolute Gasteiger partial charge is 0.328 e. The topological polar surface area (TPSA) is 98.5 Å². The van der Waals surface area contributed by atoms with Crippen LogP contribution in [0.5, 0.6) is 0 Å². The van der Waals surface area contributed by atoms with E-state index in [9.17, 15) is 9.59 Å². The van der Waals surface area contributed by atoms with Crippen molar-refractivity contribution in [1.29, 1.82) is 5.41 Å². The van der Waals surface area contributed by atoms with Crippen LogP contribution in [0.1, 0.15) is 13.8 Å². The predicted octanol–water partition coefficient (Wildman–Crippen LogP) is 1.00. The van der Waals surface area contributed by atoms with Gasteiger partial charge in [0.05, 0.1) is 0 Å². The molecule has 1 atom stereocenters. The van der Waals surface area contributed by atoms with Gasteiger partial charge in [0.25, 0.3) is 0 Å². The molecule has 0 saturated carbocycles. The lowest BCUT2D eigenvalue weighted by Crippen LogP contribution is -2.25. The molecule has 0 saturated heterocycles. The van der Waals surface area contributed by atoms with Crippen molar-refractivity contribution in [3.8, 4) is 0 Å². The number of carboxylic acids is 2. The molecule has 0 aromatic rings. The Hall–Kier alpha value is -1.65. The summed E-state index contributed by atoms with van der Waals surface area (Å²) in [5.41, 5.74) is -0.00463. The van der Waals surface area contributed by atoms with E-state index < -0.39 is 17.9 Å². The van der Waals surface area contributed by atoms with Crippen molar-refractivity contribution in [2.45, 2.75) is 13.8 Å². The van der Waals surface area contributed by atoms with Crippen molar-refractivity contribution in [3.05, 3.63) is 12.2 Å². The van der Waals surface area contributed by atoms with Gasteiger partial charge < -0.3 is 15.6 Å². The highest BCUT2D eigenvalue weighted by Gasteiger charge is 2.21. The highest BCUT2D eigenvalue weighted by Crippen LogP contribution is 2.09. The summed E-state index contributed by atoms with van der Waals surface area (Å²) in [5, 5.41) is 24.5. The lowest BCUT2D eigenvalue weighted by Gasteiger charge is -2.12. The van der Waals surface area contributed by atoms with E-state index >= 15 is 0 Å². The van der Waals surface area contributed by atoms with Gasteiger partial charge in [-0.05, 0) is 5.92 Å². The SMILES string of the molecule is CC(C)C(=N)C(C=CC(=O)O)C(=O)O. The first-order valence-corrected chi connectivity index (χ1v) is 4.08. The maximum absolute atomic E-state index is 10.7. The fourth-order valence-corrected chi connectivity index (χ4v) is 0.857. The normalized spacial score (nSPS) is 13.1. The van der Waals surface area contributed by atoms with Crippen LogP contribution < -0.4 is 0 Å². The molecular weight excluding hydrogens is 186 g/mol. The van der Waals surface area contributed by atoms with Gasteiger partial charge in [0.1, 0.15) is 5.92 Å². The van der Waals surface area contributed by atoms with Crippen LogP contribution in [0, 0.1) is 17.2 Å². The summed E-state index contributed by atoms with van der Waals surface area (Å²) in [6.45, 7) is 3.37. The summed E-state index contributed by atoms with van der Waals surface area (Å²) in [6, 6.07) is 0. The molecule has 0 aromatic carbocycles. The maximum atomic E-state index is 10.7. The predicted molar refractivity (Wildman–Crippen MR) is 50.5 cm³/mol. The molecule has 0 rings (SSSR count). The van der Waals surface area contributed by atoms with E-state index in [1.807, 2.05) is 0 Å².